The number of pyridine rings is 1. The molecule has 78 valence electrons. The lowest BCUT2D eigenvalue weighted by Gasteiger charge is -2.09. The molecule has 14 heavy (non-hydrogen) atoms. The number of hydrogen-bond donors (Lipinski definition) is 0. The Hall–Kier alpha value is -1.12. The van der Waals surface area contributed by atoms with Gasteiger partial charge in [0.1, 0.15) is 12.8 Å². The first-order valence-corrected chi connectivity index (χ1v) is 4.82. The topological polar surface area (TPSA) is 22.1 Å². The second-order valence-electron chi connectivity index (χ2n) is 3.67. The van der Waals surface area contributed by atoms with Gasteiger partial charge in [-0.3, -0.25) is 0 Å². The molecule has 0 aliphatic rings. The van der Waals surface area contributed by atoms with Crippen molar-refractivity contribution in [3.05, 3.63) is 23.9 Å². The summed E-state index contributed by atoms with van der Waals surface area (Å²) in [7, 11) is 0. The summed E-state index contributed by atoms with van der Waals surface area (Å²) in [5.41, 5.74) is 1.15. The fourth-order valence-electron chi connectivity index (χ4n) is 1.06. The van der Waals surface area contributed by atoms with E-state index in [1.54, 1.807) is 6.20 Å². The van der Waals surface area contributed by atoms with E-state index in [4.69, 9.17) is 4.74 Å². The van der Waals surface area contributed by atoms with Crippen molar-refractivity contribution in [3.8, 4) is 5.88 Å². The van der Waals surface area contributed by atoms with Crippen LogP contribution in [0.3, 0.4) is 0 Å². The molecule has 2 nitrogen and oxygen atoms in total. The second kappa shape index (κ2) is 4.94. The maximum Gasteiger partial charge on any atom is 0.213 e. The van der Waals surface area contributed by atoms with Gasteiger partial charge in [0, 0.05) is 12.3 Å². The Morgan fingerprint density at radius 2 is 2.14 bits per heavy atom. The van der Waals surface area contributed by atoms with Crippen molar-refractivity contribution >= 4 is 0 Å². The summed E-state index contributed by atoms with van der Waals surface area (Å²) in [6.07, 6.45) is 0.729. The summed E-state index contributed by atoms with van der Waals surface area (Å²) in [5.74, 6) is 0.934. The van der Waals surface area contributed by atoms with E-state index in [1.807, 2.05) is 12.1 Å². The highest BCUT2D eigenvalue weighted by molar-refractivity contribution is 5.22. The summed E-state index contributed by atoms with van der Waals surface area (Å²) in [6, 6.07) is 3.80. The zero-order valence-corrected chi connectivity index (χ0v) is 8.83. The predicted octanol–water partition coefficient (Wildman–Crippen LogP) is 2.94. The van der Waals surface area contributed by atoms with Crippen LogP contribution in [0.15, 0.2) is 18.3 Å². The standard InChI is InChI=1S/C11H16FNO/c1-8(2)10-4-5-13-11(6-10)14-7-9(3)12/h4-6,8-9H,7H2,1-3H3. The minimum Gasteiger partial charge on any atom is -0.475 e. The highest BCUT2D eigenvalue weighted by atomic mass is 19.1. The fourth-order valence-corrected chi connectivity index (χ4v) is 1.06. The van der Waals surface area contributed by atoms with Crippen molar-refractivity contribution < 1.29 is 9.13 Å². The minimum absolute atomic E-state index is 0.0640. The van der Waals surface area contributed by atoms with Crippen LogP contribution in [0.25, 0.3) is 0 Å². The van der Waals surface area contributed by atoms with Gasteiger partial charge in [0.25, 0.3) is 0 Å². The molecule has 1 unspecified atom stereocenters. The van der Waals surface area contributed by atoms with Crippen LogP contribution >= 0.6 is 0 Å². The van der Waals surface area contributed by atoms with Gasteiger partial charge in [0.05, 0.1) is 0 Å². The Balaban J connectivity index is 2.64. The molecule has 0 aromatic carbocycles. The molecule has 3 heteroatoms. The van der Waals surface area contributed by atoms with E-state index in [0.29, 0.717) is 11.8 Å². The molecule has 0 aliphatic heterocycles. The van der Waals surface area contributed by atoms with Gasteiger partial charge in [-0.05, 0) is 24.5 Å². The van der Waals surface area contributed by atoms with Crippen molar-refractivity contribution in [1.29, 1.82) is 0 Å². The van der Waals surface area contributed by atoms with E-state index in [1.165, 1.54) is 6.92 Å². The fraction of sp³-hybridized carbons (Fsp3) is 0.545. The van der Waals surface area contributed by atoms with Crippen LogP contribution < -0.4 is 4.74 Å². The van der Waals surface area contributed by atoms with Crippen LogP contribution in [0.1, 0.15) is 32.3 Å². The lowest BCUT2D eigenvalue weighted by molar-refractivity contribution is 0.203. The molecular weight excluding hydrogens is 181 g/mol. The van der Waals surface area contributed by atoms with E-state index in [0.717, 1.165) is 5.56 Å². The van der Waals surface area contributed by atoms with Crippen LogP contribution in [0, 0.1) is 0 Å². The zero-order chi connectivity index (χ0) is 10.6. The largest absolute Gasteiger partial charge is 0.475 e. The van der Waals surface area contributed by atoms with Gasteiger partial charge in [-0.25, -0.2) is 9.37 Å². The molecule has 0 spiro atoms. The van der Waals surface area contributed by atoms with Gasteiger partial charge in [0.2, 0.25) is 5.88 Å². The Kier molecular flexibility index (Phi) is 3.86. The second-order valence-corrected chi connectivity index (χ2v) is 3.67. The maximum atomic E-state index is 12.5. The molecule has 1 aromatic rings. The molecule has 1 aromatic heterocycles. The molecule has 0 fully saturated rings. The Morgan fingerprint density at radius 3 is 2.71 bits per heavy atom. The van der Waals surface area contributed by atoms with Crippen LogP contribution in [0.4, 0.5) is 4.39 Å². The Morgan fingerprint density at radius 1 is 1.43 bits per heavy atom. The molecule has 0 radical (unpaired) electrons. The summed E-state index contributed by atoms with van der Waals surface area (Å²) in [5, 5.41) is 0. The quantitative estimate of drug-likeness (QED) is 0.740. The van der Waals surface area contributed by atoms with Gasteiger partial charge in [-0.1, -0.05) is 13.8 Å². The number of ether oxygens (including phenoxy) is 1. The van der Waals surface area contributed by atoms with Gasteiger partial charge in [-0.15, -0.1) is 0 Å². The van der Waals surface area contributed by atoms with Crippen LogP contribution in [0.5, 0.6) is 5.88 Å². The highest BCUT2D eigenvalue weighted by Crippen LogP contribution is 2.17. The molecule has 0 aliphatic carbocycles. The molecule has 1 heterocycles. The average Bonchev–Trinajstić information content (AvgIpc) is 2.15. The molecule has 0 N–H and O–H groups in total. The van der Waals surface area contributed by atoms with Gasteiger partial charge >= 0.3 is 0 Å². The first kappa shape index (κ1) is 11.0. The van der Waals surface area contributed by atoms with E-state index >= 15 is 0 Å². The molecule has 0 saturated heterocycles. The average molecular weight is 197 g/mol. The van der Waals surface area contributed by atoms with Gasteiger partial charge in [0.15, 0.2) is 0 Å². The van der Waals surface area contributed by atoms with E-state index in [9.17, 15) is 4.39 Å². The summed E-state index contributed by atoms with van der Waals surface area (Å²) in [4.78, 5) is 4.00. The third kappa shape index (κ3) is 3.32. The highest BCUT2D eigenvalue weighted by Gasteiger charge is 2.04. The number of rotatable bonds is 4. The monoisotopic (exact) mass is 197 g/mol. The molecule has 0 amide bonds. The number of halogens is 1. The first-order chi connectivity index (χ1) is 6.59. The van der Waals surface area contributed by atoms with Crippen molar-refractivity contribution in [1.82, 2.24) is 4.98 Å². The van der Waals surface area contributed by atoms with Crippen molar-refractivity contribution in [3.63, 3.8) is 0 Å². The Bertz CT molecular complexity index is 286. The molecule has 0 saturated carbocycles. The lowest BCUT2D eigenvalue weighted by atomic mass is 10.1. The minimum atomic E-state index is -0.959. The van der Waals surface area contributed by atoms with Crippen LogP contribution in [0.2, 0.25) is 0 Å². The third-order valence-electron chi connectivity index (χ3n) is 1.89. The van der Waals surface area contributed by atoms with E-state index in [2.05, 4.69) is 18.8 Å². The van der Waals surface area contributed by atoms with Crippen molar-refractivity contribution in [2.45, 2.75) is 32.9 Å². The number of aromatic nitrogens is 1. The summed E-state index contributed by atoms with van der Waals surface area (Å²) >= 11 is 0. The molecule has 1 atom stereocenters. The van der Waals surface area contributed by atoms with Gasteiger partial charge < -0.3 is 4.74 Å². The normalized spacial score (nSPS) is 12.9. The van der Waals surface area contributed by atoms with Crippen molar-refractivity contribution in [2.75, 3.05) is 6.61 Å². The van der Waals surface area contributed by atoms with Gasteiger partial charge in [-0.2, -0.15) is 0 Å². The van der Waals surface area contributed by atoms with E-state index < -0.39 is 6.17 Å². The molecule has 0 bridgehead atoms. The van der Waals surface area contributed by atoms with Crippen LogP contribution in [-0.4, -0.2) is 17.8 Å². The first-order valence-electron chi connectivity index (χ1n) is 4.82. The van der Waals surface area contributed by atoms with Crippen molar-refractivity contribution in [2.24, 2.45) is 0 Å². The number of alkyl halides is 1. The number of hydrogen-bond acceptors (Lipinski definition) is 2. The third-order valence-corrected chi connectivity index (χ3v) is 1.89. The Labute approximate surface area is 84.1 Å². The van der Waals surface area contributed by atoms with E-state index in [-0.39, 0.29) is 6.61 Å². The maximum absolute atomic E-state index is 12.5. The van der Waals surface area contributed by atoms with Crippen LogP contribution in [-0.2, 0) is 0 Å². The SMILES string of the molecule is CC(F)COc1cc(C(C)C)ccn1. The predicted molar refractivity (Wildman–Crippen MR) is 54.4 cm³/mol. The lowest BCUT2D eigenvalue weighted by Crippen LogP contribution is -2.09. The summed E-state index contributed by atoms with van der Waals surface area (Å²) < 4.78 is 17.7. The molecule has 1 rings (SSSR count). The zero-order valence-electron chi connectivity index (χ0n) is 8.83. The smallest absolute Gasteiger partial charge is 0.213 e. The summed E-state index contributed by atoms with van der Waals surface area (Å²) in [6.45, 7) is 5.72. The number of nitrogens with zero attached hydrogens (tertiary/aromatic N) is 1. The molecular formula is C11H16FNO.